The summed E-state index contributed by atoms with van der Waals surface area (Å²) in [7, 11) is -4.43. The van der Waals surface area contributed by atoms with Crippen molar-refractivity contribution < 1.29 is 27.1 Å². The maximum absolute atomic E-state index is 10.7. The number of hydrogen-bond acceptors (Lipinski definition) is 4. The maximum atomic E-state index is 10.7. The SMILES string of the molecule is [CH3][Ge]([CH3])([CH3])[Co](=[C]=O)(=[C]=O)(=[C]=O)=[C]=O. The van der Waals surface area contributed by atoms with Crippen molar-refractivity contribution in [3.8, 4) is 0 Å². The van der Waals surface area contributed by atoms with Gasteiger partial charge >= 0.3 is 75.1 Å². The molecular formula is C7H9CoGeO4. The van der Waals surface area contributed by atoms with E-state index in [1.807, 2.05) is 0 Å². The first-order valence-electron chi connectivity index (χ1n) is 3.15. The summed E-state index contributed by atoms with van der Waals surface area (Å²) < 4.78 is 0. The molecule has 0 rings (SSSR count). The van der Waals surface area contributed by atoms with E-state index < -0.39 is 19.4 Å². The second-order valence-electron chi connectivity index (χ2n) is 3.11. The van der Waals surface area contributed by atoms with Crippen LogP contribution in [0.2, 0.25) is 17.3 Å². The summed E-state index contributed by atoms with van der Waals surface area (Å²) in [6.07, 6.45) is 0. The predicted octanol–water partition coefficient (Wildman–Crippen LogP) is -0.220. The summed E-state index contributed by atoms with van der Waals surface area (Å²) in [6.45, 7) is 0. The van der Waals surface area contributed by atoms with Gasteiger partial charge in [0, 0.05) is 0 Å². The first-order chi connectivity index (χ1) is 5.82. The van der Waals surface area contributed by atoms with E-state index in [1.54, 1.807) is 17.3 Å². The van der Waals surface area contributed by atoms with Gasteiger partial charge in [-0.15, -0.1) is 0 Å². The summed E-state index contributed by atoms with van der Waals surface area (Å²) in [4.78, 5) is 48.0. The Bertz CT molecular complexity index is 535. The van der Waals surface area contributed by atoms with Crippen molar-refractivity contribution in [1.29, 1.82) is 0 Å². The molecule has 74 valence electrons. The summed E-state index contributed by atoms with van der Waals surface area (Å²) >= 11 is -3.18. The fourth-order valence-corrected chi connectivity index (χ4v) is 9.09. The molecule has 4 nitrogen and oxygen atoms in total. The van der Waals surface area contributed by atoms with Gasteiger partial charge in [-0.3, -0.25) is 0 Å². The first-order valence-corrected chi connectivity index (χ1v) is 14.9. The number of rotatable bonds is 1. The van der Waals surface area contributed by atoms with Crippen LogP contribution < -0.4 is 0 Å². The Kier molecular flexibility index (Phi) is 3.10. The van der Waals surface area contributed by atoms with Crippen LogP contribution in [0.1, 0.15) is 0 Å². The molecule has 0 spiro atoms. The Labute approximate surface area is 75.2 Å². The van der Waals surface area contributed by atoms with Crippen molar-refractivity contribution in [3.05, 3.63) is 0 Å². The third kappa shape index (κ3) is 1.33. The molecule has 0 bridgehead atoms. The van der Waals surface area contributed by atoms with E-state index >= 15 is 0 Å². The average molecular weight is 289 g/mol. The zero-order valence-corrected chi connectivity index (χ0v) is 10.6. The Morgan fingerprint density at radius 3 is 1.00 bits per heavy atom. The molecule has 0 N–H and O–H groups in total. The fourth-order valence-electron chi connectivity index (χ4n) is 0.492. The normalized spacial score (nSPS) is 13.9. The Morgan fingerprint density at radius 1 is 0.769 bits per heavy atom. The molecule has 0 heterocycles. The molecule has 0 saturated carbocycles. The van der Waals surface area contributed by atoms with Crippen molar-refractivity contribution in [2.45, 2.75) is 17.3 Å². The molecule has 0 fully saturated rings. The number of carbonyl (C=O) groups excluding carboxylic acids is 4. The first kappa shape index (κ1) is 12.4. The van der Waals surface area contributed by atoms with Gasteiger partial charge in [0.1, 0.15) is 0 Å². The molecule has 0 aromatic rings. The molecule has 0 aliphatic rings. The van der Waals surface area contributed by atoms with E-state index in [4.69, 9.17) is 0 Å². The van der Waals surface area contributed by atoms with Gasteiger partial charge in [-0.1, -0.05) is 0 Å². The number of hydrogen-bond donors (Lipinski definition) is 0. The monoisotopic (exact) mass is 290 g/mol. The molecule has 0 radical (unpaired) electrons. The minimum absolute atomic E-state index is 1.31. The molecule has 0 saturated heterocycles. The van der Waals surface area contributed by atoms with E-state index in [0.717, 1.165) is 0 Å². The van der Waals surface area contributed by atoms with Crippen LogP contribution in [-0.2, 0) is 27.1 Å². The van der Waals surface area contributed by atoms with E-state index in [0.29, 0.717) is 0 Å². The summed E-state index contributed by atoms with van der Waals surface area (Å²) in [6, 6.07) is 0. The van der Waals surface area contributed by atoms with Crippen LogP contribution in [0.25, 0.3) is 0 Å². The quantitative estimate of drug-likeness (QED) is 0.626. The van der Waals surface area contributed by atoms with E-state index in [1.165, 1.54) is 19.3 Å². The van der Waals surface area contributed by atoms with Crippen molar-refractivity contribution in [3.63, 3.8) is 0 Å². The Hall–Kier alpha value is -0.631. The van der Waals surface area contributed by atoms with Crippen LogP contribution >= 0.6 is 0 Å². The summed E-state index contributed by atoms with van der Waals surface area (Å²) in [5.41, 5.74) is 0. The molecule has 0 unspecified atom stereocenters. The molecule has 0 aliphatic carbocycles. The Morgan fingerprint density at radius 2 is 1.00 bits per heavy atom. The fraction of sp³-hybridized carbons (Fsp3) is 0.429. The summed E-state index contributed by atoms with van der Waals surface area (Å²) in [5, 5.41) is 0. The van der Waals surface area contributed by atoms with Crippen LogP contribution in [0.3, 0.4) is 0 Å². The van der Waals surface area contributed by atoms with Crippen LogP contribution in [0, 0.1) is 0 Å². The van der Waals surface area contributed by atoms with Gasteiger partial charge in [0.2, 0.25) is 0 Å². The van der Waals surface area contributed by atoms with Gasteiger partial charge < -0.3 is 0 Å². The van der Waals surface area contributed by atoms with Gasteiger partial charge in [0.15, 0.2) is 0 Å². The van der Waals surface area contributed by atoms with Crippen LogP contribution in [-0.4, -0.2) is 30.8 Å². The topological polar surface area (TPSA) is 68.3 Å². The predicted molar refractivity (Wildman–Crippen MR) is 46.1 cm³/mol. The molecule has 0 aromatic heterocycles. The van der Waals surface area contributed by atoms with Crippen molar-refractivity contribution in [2.24, 2.45) is 0 Å². The zero-order chi connectivity index (χ0) is 10.8. The van der Waals surface area contributed by atoms with Crippen LogP contribution in [0.5, 0.6) is 0 Å². The Balaban J connectivity index is 7.94. The summed E-state index contributed by atoms with van der Waals surface area (Å²) in [5.74, 6) is 4.80. The second kappa shape index (κ2) is 3.26. The molecular weight excluding hydrogens is 280 g/mol. The minimum atomic E-state index is -4.43. The van der Waals surface area contributed by atoms with Crippen molar-refractivity contribution in [1.82, 2.24) is 0 Å². The zero-order valence-electron chi connectivity index (χ0n) is 7.47. The molecule has 0 atom stereocenters. The third-order valence-electron chi connectivity index (χ3n) is 1.54. The van der Waals surface area contributed by atoms with Crippen LogP contribution in [0.15, 0.2) is 0 Å². The third-order valence-corrected chi connectivity index (χ3v) is 26.0. The van der Waals surface area contributed by atoms with Crippen LogP contribution in [0.4, 0.5) is 0 Å². The molecule has 0 aliphatic heterocycles. The molecule has 6 heteroatoms. The van der Waals surface area contributed by atoms with Gasteiger partial charge in [0.25, 0.3) is 0 Å². The second-order valence-corrected chi connectivity index (χ2v) is 28.8. The van der Waals surface area contributed by atoms with Gasteiger partial charge in [-0.2, -0.15) is 0 Å². The van der Waals surface area contributed by atoms with E-state index in [2.05, 4.69) is 0 Å². The standard InChI is InChI=1S/C3H9Ge.4CO.Co/c1-4(2)3;4*1-2;/h1-3H3;;;;;. The van der Waals surface area contributed by atoms with E-state index in [9.17, 15) is 19.2 Å². The van der Waals surface area contributed by atoms with Gasteiger partial charge in [0.05, 0.1) is 0 Å². The van der Waals surface area contributed by atoms with Crippen molar-refractivity contribution in [2.75, 3.05) is 0 Å². The molecule has 0 aromatic carbocycles. The van der Waals surface area contributed by atoms with Gasteiger partial charge in [-0.05, 0) is 0 Å². The average Bonchev–Trinajstić information content (AvgIpc) is 2.08. The van der Waals surface area contributed by atoms with Crippen molar-refractivity contribution >= 4 is 30.8 Å². The van der Waals surface area contributed by atoms with Gasteiger partial charge in [-0.25, -0.2) is 0 Å². The molecule has 0 amide bonds. The van der Waals surface area contributed by atoms with E-state index in [-0.39, 0.29) is 0 Å². The molecule has 13 heavy (non-hydrogen) atoms.